The van der Waals surface area contributed by atoms with E-state index in [1.807, 2.05) is 30.3 Å². The highest BCUT2D eigenvalue weighted by atomic mass is 16.5. The summed E-state index contributed by atoms with van der Waals surface area (Å²) in [5.74, 6) is 1.46. The Hall–Kier alpha value is -1.80. The summed E-state index contributed by atoms with van der Waals surface area (Å²) >= 11 is 0. The highest BCUT2D eigenvalue weighted by Gasteiger charge is 2.31. The van der Waals surface area contributed by atoms with Gasteiger partial charge in [0.25, 0.3) is 0 Å². The van der Waals surface area contributed by atoms with Gasteiger partial charge in [-0.15, -0.1) is 0 Å². The van der Waals surface area contributed by atoms with Gasteiger partial charge in [-0.2, -0.15) is 0 Å². The molecule has 2 aromatic rings. The second-order valence-electron chi connectivity index (χ2n) is 7.85. The van der Waals surface area contributed by atoms with E-state index >= 15 is 0 Å². The molecule has 0 aliphatic heterocycles. The number of hydrogen-bond donors (Lipinski definition) is 1. The molecule has 0 bridgehead atoms. The molecule has 0 spiro atoms. The molecule has 1 aliphatic rings. The molecule has 1 saturated carbocycles. The molecule has 0 amide bonds. The van der Waals surface area contributed by atoms with Crippen LogP contribution in [0, 0.1) is 5.92 Å². The van der Waals surface area contributed by atoms with E-state index in [4.69, 9.17) is 4.74 Å². The van der Waals surface area contributed by atoms with Gasteiger partial charge in [-0.25, -0.2) is 0 Å². The van der Waals surface area contributed by atoms with Gasteiger partial charge in [0.05, 0.1) is 12.2 Å². The predicted octanol–water partition coefficient (Wildman–Crippen LogP) is 5.79. The molecule has 0 saturated heterocycles. The van der Waals surface area contributed by atoms with E-state index in [0.717, 1.165) is 50.9 Å². The summed E-state index contributed by atoms with van der Waals surface area (Å²) < 4.78 is 5.86. The molecule has 2 heteroatoms. The van der Waals surface area contributed by atoms with Crippen LogP contribution in [0.4, 0.5) is 0 Å². The molecular weight excluding hydrogens is 320 g/mol. The van der Waals surface area contributed by atoms with E-state index in [1.54, 1.807) is 0 Å². The molecule has 1 N–H and O–H groups in total. The second-order valence-corrected chi connectivity index (χ2v) is 7.85. The van der Waals surface area contributed by atoms with Crippen molar-refractivity contribution in [3.63, 3.8) is 0 Å². The largest absolute Gasteiger partial charge is 0.494 e. The third-order valence-corrected chi connectivity index (χ3v) is 5.59. The molecule has 2 nitrogen and oxygen atoms in total. The Kier molecular flexibility index (Phi) is 7.13. The van der Waals surface area contributed by atoms with E-state index in [0.29, 0.717) is 5.92 Å². The van der Waals surface area contributed by atoms with Crippen molar-refractivity contribution in [2.45, 2.75) is 63.4 Å². The number of para-hydroxylation sites is 1. The summed E-state index contributed by atoms with van der Waals surface area (Å²) in [7, 11) is 0. The lowest BCUT2D eigenvalue weighted by molar-refractivity contribution is -0.0190. The highest BCUT2D eigenvalue weighted by Crippen LogP contribution is 2.35. The molecule has 0 aromatic heterocycles. The quantitative estimate of drug-likeness (QED) is 0.579. The normalized spacial score (nSPS) is 17.6. The van der Waals surface area contributed by atoms with Crippen LogP contribution in [0.25, 0.3) is 0 Å². The summed E-state index contributed by atoms with van der Waals surface area (Å²) in [6.07, 6.45) is 9.67. The second kappa shape index (κ2) is 9.78. The van der Waals surface area contributed by atoms with Crippen molar-refractivity contribution in [3.05, 3.63) is 66.2 Å². The molecule has 2 aromatic carbocycles. The van der Waals surface area contributed by atoms with E-state index in [-0.39, 0.29) is 0 Å². The van der Waals surface area contributed by atoms with E-state index in [9.17, 15) is 5.11 Å². The van der Waals surface area contributed by atoms with Crippen molar-refractivity contribution in [2.75, 3.05) is 6.61 Å². The van der Waals surface area contributed by atoms with Gasteiger partial charge >= 0.3 is 0 Å². The van der Waals surface area contributed by atoms with Crippen LogP contribution in [0.1, 0.15) is 56.9 Å². The number of rotatable bonds is 9. The van der Waals surface area contributed by atoms with Crippen LogP contribution in [0.2, 0.25) is 0 Å². The molecule has 3 rings (SSSR count). The molecule has 0 radical (unpaired) electrons. The minimum atomic E-state index is -0.446. The Morgan fingerprint density at radius 2 is 1.54 bits per heavy atom. The molecule has 1 atom stereocenters. The number of ether oxygens (including phenoxy) is 1. The Morgan fingerprint density at radius 1 is 0.885 bits per heavy atom. The van der Waals surface area contributed by atoms with Crippen LogP contribution in [0.15, 0.2) is 60.7 Å². The lowest BCUT2D eigenvalue weighted by Gasteiger charge is -2.35. The first-order valence-corrected chi connectivity index (χ1v) is 10.2. The third-order valence-electron chi connectivity index (χ3n) is 5.59. The lowest BCUT2D eigenvalue weighted by Crippen LogP contribution is -2.34. The van der Waals surface area contributed by atoms with E-state index in [2.05, 4.69) is 30.3 Å². The predicted molar refractivity (Wildman–Crippen MR) is 107 cm³/mol. The van der Waals surface area contributed by atoms with Crippen molar-refractivity contribution in [3.8, 4) is 5.75 Å². The molecular formula is C24H32O2. The zero-order valence-electron chi connectivity index (χ0n) is 15.8. The van der Waals surface area contributed by atoms with Gasteiger partial charge in [0.15, 0.2) is 0 Å². The average Bonchev–Trinajstić information content (AvgIpc) is 2.67. The summed E-state index contributed by atoms with van der Waals surface area (Å²) in [4.78, 5) is 0. The topological polar surface area (TPSA) is 29.5 Å². The first kappa shape index (κ1) is 19.0. The van der Waals surface area contributed by atoms with E-state index < -0.39 is 5.60 Å². The summed E-state index contributed by atoms with van der Waals surface area (Å²) in [6, 6.07) is 20.7. The van der Waals surface area contributed by atoms with Gasteiger partial charge in [0.1, 0.15) is 5.75 Å². The third kappa shape index (κ3) is 6.17. The van der Waals surface area contributed by atoms with Crippen LogP contribution in [0.5, 0.6) is 5.75 Å². The lowest BCUT2D eigenvalue weighted by atomic mass is 9.76. The highest BCUT2D eigenvalue weighted by molar-refractivity contribution is 5.20. The van der Waals surface area contributed by atoms with Gasteiger partial charge in [0, 0.05) is 0 Å². The van der Waals surface area contributed by atoms with Gasteiger partial charge < -0.3 is 9.84 Å². The van der Waals surface area contributed by atoms with E-state index in [1.165, 1.54) is 24.8 Å². The monoisotopic (exact) mass is 352 g/mol. The molecule has 1 aliphatic carbocycles. The maximum Gasteiger partial charge on any atom is 0.119 e. The summed E-state index contributed by atoms with van der Waals surface area (Å²) in [5, 5.41) is 11.0. The number of hydrogen-bond acceptors (Lipinski definition) is 2. The van der Waals surface area contributed by atoms with Crippen molar-refractivity contribution in [1.29, 1.82) is 0 Å². The Morgan fingerprint density at radius 3 is 2.23 bits per heavy atom. The van der Waals surface area contributed by atoms with Crippen LogP contribution in [-0.2, 0) is 6.42 Å². The fraction of sp³-hybridized carbons (Fsp3) is 0.500. The Bertz CT molecular complexity index is 617. The van der Waals surface area contributed by atoms with Crippen LogP contribution in [0.3, 0.4) is 0 Å². The SMILES string of the molecule is OC1(CC(CCCOc2ccccc2)Cc2ccccc2)CCCCC1. The van der Waals surface area contributed by atoms with Gasteiger partial charge in [-0.05, 0) is 62.1 Å². The standard InChI is InChI=1S/C24H32O2/c25-24(16-8-3-9-17-24)20-22(19-21-11-4-1-5-12-21)13-10-18-26-23-14-6-2-7-15-23/h1-2,4-7,11-12,14-15,22,25H,3,8-10,13,16-20H2. The number of benzene rings is 2. The van der Waals surface area contributed by atoms with Crippen molar-refractivity contribution in [1.82, 2.24) is 0 Å². The first-order valence-electron chi connectivity index (χ1n) is 10.2. The minimum Gasteiger partial charge on any atom is -0.494 e. The minimum absolute atomic E-state index is 0.446. The van der Waals surface area contributed by atoms with Gasteiger partial charge in [-0.1, -0.05) is 67.8 Å². The molecule has 0 heterocycles. The average molecular weight is 353 g/mol. The summed E-state index contributed by atoms with van der Waals surface area (Å²) in [6.45, 7) is 0.744. The maximum absolute atomic E-state index is 11.0. The zero-order chi connectivity index (χ0) is 18.1. The molecule has 140 valence electrons. The molecule has 1 unspecified atom stereocenters. The molecule has 26 heavy (non-hydrogen) atoms. The van der Waals surface area contributed by atoms with Crippen molar-refractivity contribution < 1.29 is 9.84 Å². The van der Waals surface area contributed by atoms with Crippen LogP contribution < -0.4 is 4.74 Å². The maximum atomic E-state index is 11.0. The first-order chi connectivity index (χ1) is 12.7. The van der Waals surface area contributed by atoms with Crippen LogP contribution >= 0.6 is 0 Å². The van der Waals surface area contributed by atoms with Crippen molar-refractivity contribution >= 4 is 0 Å². The fourth-order valence-corrected chi connectivity index (χ4v) is 4.25. The van der Waals surface area contributed by atoms with Gasteiger partial charge in [0.2, 0.25) is 0 Å². The fourth-order valence-electron chi connectivity index (χ4n) is 4.25. The smallest absolute Gasteiger partial charge is 0.119 e. The Labute approximate surface area is 158 Å². The summed E-state index contributed by atoms with van der Waals surface area (Å²) in [5.41, 5.74) is 0.929. The Balaban J connectivity index is 1.53. The number of aliphatic hydroxyl groups is 1. The van der Waals surface area contributed by atoms with Gasteiger partial charge in [-0.3, -0.25) is 0 Å². The molecule has 1 fully saturated rings. The zero-order valence-corrected chi connectivity index (χ0v) is 15.8. The van der Waals surface area contributed by atoms with Crippen LogP contribution in [-0.4, -0.2) is 17.3 Å². The van der Waals surface area contributed by atoms with Crippen molar-refractivity contribution in [2.24, 2.45) is 5.92 Å².